The van der Waals surface area contributed by atoms with Crippen LogP contribution < -0.4 is 9.80 Å². The minimum atomic E-state index is 0.805. The summed E-state index contributed by atoms with van der Waals surface area (Å²) in [6.07, 6.45) is 0. The van der Waals surface area contributed by atoms with Gasteiger partial charge in [-0.2, -0.15) is 0 Å². The van der Waals surface area contributed by atoms with Gasteiger partial charge in [0, 0.05) is 108 Å². The van der Waals surface area contributed by atoms with Crippen LogP contribution in [0.5, 0.6) is 0 Å². The average molecular weight is 899 g/mol. The molecule has 0 amide bonds. The van der Waals surface area contributed by atoms with Gasteiger partial charge in [-0.1, -0.05) is 84.9 Å². The molecule has 0 atom stereocenters. The normalized spacial score (nSPS) is 12.1. The van der Waals surface area contributed by atoms with Crippen molar-refractivity contribution >= 4 is 143 Å². The first kappa shape index (κ1) is 38.8. The van der Waals surface area contributed by atoms with Gasteiger partial charge >= 0.3 is 0 Å². The fraction of sp³-hybridized carbons (Fsp3) is 0.0312. The molecule has 0 bridgehead atoms. The number of aromatic nitrogens is 2. The van der Waals surface area contributed by atoms with E-state index in [0.29, 0.717) is 0 Å². The number of hydrogen-bond acceptors (Lipinski definition) is 4. The Morgan fingerprint density at radius 1 is 0.286 bits per heavy atom. The predicted octanol–water partition coefficient (Wildman–Crippen LogP) is 18.0. The Morgan fingerprint density at radius 2 is 0.743 bits per heavy atom. The van der Waals surface area contributed by atoms with E-state index in [1.807, 2.05) is 0 Å². The van der Waals surface area contributed by atoms with Crippen LogP contribution in [0.15, 0.2) is 227 Å². The Labute approximate surface area is 401 Å². The molecule has 11 aromatic carbocycles. The number of nitrogens with zero attached hydrogens (tertiary/aromatic N) is 4. The number of hydrogen-bond donors (Lipinski definition) is 0. The number of para-hydroxylation sites is 4. The van der Waals surface area contributed by atoms with E-state index in [4.69, 9.17) is 8.83 Å². The minimum Gasteiger partial charge on any atom is -0.456 e. The molecule has 0 aliphatic carbocycles. The summed E-state index contributed by atoms with van der Waals surface area (Å²) in [6, 6.07) is 78.8. The van der Waals surface area contributed by atoms with Gasteiger partial charge < -0.3 is 27.8 Å². The van der Waals surface area contributed by atoms with Crippen molar-refractivity contribution in [3.8, 4) is 0 Å². The maximum atomic E-state index is 6.94. The van der Waals surface area contributed by atoms with Crippen molar-refractivity contribution in [2.45, 2.75) is 0 Å². The zero-order valence-electron chi connectivity index (χ0n) is 38.4. The highest BCUT2D eigenvalue weighted by Gasteiger charge is 2.21. The van der Waals surface area contributed by atoms with E-state index in [0.717, 1.165) is 99.5 Å². The van der Waals surface area contributed by atoms with Gasteiger partial charge in [-0.05, 0) is 155 Å². The highest BCUT2D eigenvalue weighted by atomic mass is 16.3. The van der Waals surface area contributed by atoms with E-state index in [9.17, 15) is 0 Å². The number of aryl methyl sites for hydroxylation is 2. The fourth-order valence-corrected chi connectivity index (χ4v) is 11.5. The average Bonchev–Trinajstić information content (AvgIpc) is 4.12. The summed E-state index contributed by atoms with van der Waals surface area (Å²) in [5.41, 5.74) is 14.7. The summed E-state index contributed by atoms with van der Waals surface area (Å²) in [4.78, 5) is 4.70. The van der Waals surface area contributed by atoms with Crippen LogP contribution in [0.3, 0.4) is 0 Å². The monoisotopic (exact) mass is 898 g/mol. The number of rotatable bonds is 6. The number of fused-ring (bicyclic) bond motifs is 15. The standard InChI is InChI=1S/C64H42N4O2/c1-65-56-19-11-9-17-49(56)52-37-47(25-28-58(52)65)67(43-13-5-3-6-14-43)45-23-21-39-33-54-51-27-30-60-63(64(51)70-61(54)35-41(39)31-45)55-34-40-22-24-46(32-42(40)36-62(55)69-60)68(44-15-7-4-8-16-44)48-26-29-59-53(38-48)50-18-10-12-20-57(50)66(59)2/h3-38H,1-2H3. The Balaban J connectivity index is 0.844. The third kappa shape index (κ3) is 5.68. The number of furan rings is 2. The smallest absolute Gasteiger partial charge is 0.147 e. The van der Waals surface area contributed by atoms with Gasteiger partial charge in [0.2, 0.25) is 0 Å². The topological polar surface area (TPSA) is 42.6 Å². The summed E-state index contributed by atoms with van der Waals surface area (Å²) in [6.45, 7) is 0. The lowest BCUT2D eigenvalue weighted by Gasteiger charge is -2.26. The van der Waals surface area contributed by atoms with Gasteiger partial charge in [0.1, 0.15) is 22.3 Å². The molecule has 4 aromatic heterocycles. The molecule has 0 radical (unpaired) electrons. The minimum absolute atomic E-state index is 0.805. The SMILES string of the molecule is Cn1c2ccccc2c2cc(N(c3ccccc3)c3ccc4cc5c(cc4c3)oc3c5ccc4oc5cc6cc(N(c7ccccc7)c7ccc8c(c7)c7ccccc7n8C)ccc6cc5c43)ccc21. The van der Waals surface area contributed by atoms with E-state index in [1.54, 1.807) is 0 Å². The molecule has 0 aliphatic rings. The quantitative estimate of drug-likeness (QED) is 0.167. The first-order valence-electron chi connectivity index (χ1n) is 23.8. The molecule has 0 aliphatic heterocycles. The second-order valence-corrected chi connectivity index (χ2v) is 18.7. The van der Waals surface area contributed by atoms with Crippen LogP contribution in [0.1, 0.15) is 0 Å². The summed E-state index contributed by atoms with van der Waals surface area (Å²) in [7, 11) is 4.29. The molecule has 70 heavy (non-hydrogen) atoms. The van der Waals surface area contributed by atoms with Crippen LogP contribution in [0, 0.1) is 0 Å². The van der Waals surface area contributed by atoms with E-state index >= 15 is 0 Å². The van der Waals surface area contributed by atoms with Crippen LogP contribution in [0.4, 0.5) is 34.1 Å². The summed E-state index contributed by atoms with van der Waals surface area (Å²) in [5, 5.41) is 13.6. The molecular formula is C64H42N4O2. The van der Waals surface area contributed by atoms with E-state index in [2.05, 4.69) is 251 Å². The van der Waals surface area contributed by atoms with Crippen molar-refractivity contribution in [3.63, 3.8) is 0 Å². The second-order valence-electron chi connectivity index (χ2n) is 18.7. The maximum Gasteiger partial charge on any atom is 0.147 e. The second kappa shape index (κ2) is 14.6. The van der Waals surface area contributed by atoms with Crippen LogP contribution in [-0.2, 0) is 14.1 Å². The van der Waals surface area contributed by atoms with Crippen molar-refractivity contribution in [3.05, 3.63) is 218 Å². The fourth-order valence-electron chi connectivity index (χ4n) is 11.5. The van der Waals surface area contributed by atoms with E-state index in [-0.39, 0.29) is 0 Å². The molecule has 330 valence electrons. The zero-order valence-corrected chi connectivity index (χ0v) is 38.4. The molecule has 0 unspecified atom stereocenters. The van der Waals surface area contributed by atoms with Crippen molar-refractivity contribution in [2.24, 2.45) is 14.1 Å². The summed E-state index contributed by atoms with van der Waals surface area (Å²) < 4.78 is 18.2. The Morgan fingerprint density at radius 3 is 1.30 bits per heavy atom. The third-order valence-corrected chi connectivity index (χ3v) is 14.8. The first-order chi connectivity index (χ1) is 34.5. The first-order valence-corrected chi connectivity index (χ1v) is 23.8. The van der Waals surface area contributed by atoms with Crippen molar-refractivity contribution in [2.75, 3.05) is 9.80 Å². The molecule has 0 spiro atoms. The molecule has 6 nitrogen and oxygen atoms in total. The molecule has 0 saturated heterocycles. The molecule has 15 rings (SSSR count). The van der Waals surface area contributed by atoms with Crippen LogP contribution in [0.25, 0.3) is 109 Å². The van der Waals surface area contributed by atoms with Crippen LogP contribution in [0.2, 0.25) is 0 Å². The number of benzene rings is 11. The van der Waals surface area contributed by atoms with Crippen molar-refractivity contribution in [1.82, 2.24) is 9.13 Å². The van der Waals surface area contributed by atoms with Crippen molar-refractivity contribution < 1.29 is 8.83 Å². The van der Waals surface area contributed by atoms with E-state index in [1.165, 1.54) is 43.6 Å². The van der Waals surface area contributed by atoms with Gasteiger partial charge in [0.05, 0.1) is 5.39 Å². The van der Waals surface area contributed by atoms with Gasteiger partial charge in [-0.25, -0.2) is 0 Å². The molecule has 15 aromatic rings. The van der Waals surface area contributed by atoms with E-state index < -0.39 is 0 Å². The maximum absolute atomic E-state index is 6.94. The van der Waals surface area contributed by atoms with Gasteiger partial charge in [0.25, 0.3) is 0 Å². The van der Waals surface area contributed by atoms with Gasteiger partial charge in [-0.15, -0.1) is 0 Å². The Kier molecular flexibility index (Phi) is 8.10. The Hall–Kier alpha value is -9.26. The summed E-state index contributed by atoms with van der Waals surface area (Å²) >= 11 is 0. The molecule has 0 N–H and O–H groups in total. The molecule has 0 fully saturated rings. The molecule has 0 saturated carbocycles. The van der Waals surface area contributed by atoms with Crippen LogP contribution in [-0.4, -0.2) is 9.13 Å². The lowest BCUT2D eigenvalue weighted by Crippen LogP contribution is -2.09. The van der Waals surface area contributed by atoms with Crippen molar-refractivity contribution in [1.29, 1.82) is 0 Å². The molecular weight excluding hydrogens is 857 g/mol. The number of anilines is 6. The lowest BCUT2D eigenvalue weighted by atomic mass is 10.0. The summed E-state index contributed by atoms with van der Waals surface area (Å²) in [5.74, 6) is 0. The zero-order chi connectivity index (χ0) is 46.2. The molecule has 4 heterocycles. The molecule has 6 heteroatoms. The highest BCUT2D eigenvalue weighted by Crippen LogP contribution is 2.45. The van der Waals surface area contributed by atoms with Gasteiger partial charge in [-0.3, -0.25) is 0 Å². The van der Waals surface area contributed by atoms with Gasteiger partial charge in [0.15, 0.2) is 0 Å². The highest BCUT2D eigenvalue weighted by molar-refractivity contribution is 6.24. The predicted molar refractivity (Wildman–Crippen MR) is 293 cm³/mol. The Bertz CT molecular complexity index is 4630. The largest absolute Gasteiger partial charge is 0.456 e. The lowest BCUT2D eigenvalue weighted by molar-refractivity contribution is 0.663. The third-order valence-electron chi connectivity index (χ3n) is 14.8. The van der Waals surface area contributed by atoms with Crippen LogP contribution >= 0.6 is 0 Å².